The van der Waals surface area contributed by atoms with Crippen LogP contribution in [0.15, 0.2) is 53.4 Å². The molecule has 2 aromatic carbocycles. The van der Waals surface area contributed by atoms with Gasteiger partial charge in [-0.3, -0.25) is 9.59 Å². The van der Waals surface area contributed by atoms with Gasteiger partial charge in [0, 0.05) is 24.8 Å². The molecule has 0 spiro atoms. The van der Waals surface area contributed by atoms with Crippen molar-refractivity contribution < 1.29 is 26.8 Å². The predicted molar refractivity (Wildman–Crippen MR) is 111 cm³/mol. The molecule has 2 N–H and O–H groups in total. The molecular formula is C21H23F2N3O4S. The number of halogens is 2. The van der Waals surface area contributed by atoms with E-state index in [1.807, 2.05) is 0 Å². The van der Waals surface area contributed by atoms with Gasteiger partial charge in [-0.05, 0) is 61.7 Å². The second kappa shape index (κ2) is 9.97. The van der Waals surface area contributed by atoms with E-state index in [-0.39, 0.29) is 23.2 Å². The van der Waals surface area contributed by atoms with E-state index in [9.17, 15) is 26.8 Å². The summed E-state index contributed by atoms with van der Waals surface area (Å²) in [6.07, 6.45) is 2.48. The highest BCUT2D eigenvalue weighted by atomic mass is 32.2. The van der Waals surface area contributed by atoms with E-state index < -0.39 is 33.5 Å². The first-order chi connectivity index (χ1) is 14.8. The van der Waals surface area contributed by atoms with Crippen LogP contribution in [0.1, 0.15) is 25.7 Å². The molecule has 1 unspecified atom stereocenters. The number of anilines is 1. The highest BCUT2D eigenvalue weighted by Crippen LogP contribution is 2.27. The first-order valence-corrected chi connectivity index (χ1v) is 11.3. The Hall–Kier alpha value is -2.85. The van der Waals surface area contributed by atoms with Crippen molar-refractivity contribution in [3.63, 3.8) is 0 Å². The standard InChI is InChI=1S/C21H23F2N3O4S/c22-15-7-9-19(10-8-15)31(29,30)26-13-2-1-6-18(26)11-12-24-20(27)21(28)25-17-5-3-4-16(23)14-17/h3-5,7-10,14,18H,1-2,6,11-13H2,(H,24,27)(H,25,28). The number of amides is 2. The van der Waals surface area contributed by atoms with Gasteiger partial charge in [-0.25, -0.2) is 17.2 Å². The fourth-order valence-electron chi connectivity index (χ4n) is 3.51. The number of sulfonamides is 1. The Morgan fingerprint density at radius 1 is 1.00 bits per heavy atom. The lowest BCUT2D eigenvalue weighted by Gasteiger charge is -2.34. The van der Waals surface area contributed by atoms with Crippen molar-refractivity contribution >= 4 is 27.5 Å². The van der Waals surface area contributed by atoms with Gasteiger partial charge in [-0.15, -0.1) is 0 Å². The van der Waals surface area contributed by atoms with Crippen LogP contribution >= 0.6 is 0 Å². The summed E-state index contributed by atoms with van der Waals surface area (Å²) in [5.41, 5.74) is 0.156. The fraction of sp³-hybridized carbons (Fsp3) is 0.333. The third kappa shape index (κ3) is 5.86. The summed E-state index contributed by atoms with van der Waals surface area (Å²) < 4.78 is 53.6. The first kappa shape index (κ1) is 22.8. The maximum Gasteiger partial charge on any atom is 0.313 e. The average molecular weight is 451 g/mol. The van der Waals surface area contributed by atoms with Gasteiger partial charge < -0.3 is 10.6 Å². The van der Waals surface area contributed by atoms with Gasteiger partial charge in [-0.2, -0.15) is 4.31 Å². The van der Waals surface area contributed by atoms with Gasteiger partial charge in [0.15, 0.2) is 0 Å². The van der Waals surface area contributed by atoms with E-state index in [2.05, 4.69) is 10.6 Å². The number of nitrogens with one attached hydrogen (secondary N) is 2. The Balaban J connectivity index is 1.57. The van der Waals surface area contributed by atoms with Crippen molar-refractivity contribution in [3.05, 3.63) is 60.2 Å². The van der Waals surface area contributed by atoms with Crippen LogP contribution in [0.2, 0.25) is 0 Å². The molecule has 1 heterocycles. The lowest BCUT2D eigenvalue weighted by atomic mass is 10.0. The minimum absolute atomic E-state index is 0.0132. The normalized spacial score (nSPS) is 17.2. The van der Waals surface area contributed by atoms with E-state index in [0.29, 0.717) is 25.8 Å². The minimum atomic E-state index is -3.80. The fourth-order valence-corrected chi connectivity index (χ4v) is 5.23. The molecular weight excluding hydrogens is 428 g/mol. The van der Waals surface area contributed by atoms with Crippen LogP contribution in [0.4, 0.5) is 14.5 Å². The van der Waals surface area contributed by atoms with Crippen molar-refractivity contribution in [2.24, 2.45) is 0 Å². The number of nitrogens with zero attached hydrogens (tertiary/aromatic N) is 1. The second-order valence-corrected chi connectivity index (χ2v) is 9.12. The zero-order chi connectivity index (χ0) is 22.4. The van der Waals surface area contributed by atoms with E-state index in [1.54, 1.807) is 0 Å². The molecule has 3 rings (SSSR count). The largest absolute Gasteiger partial charge is 0.348 e. The van der Waals surface area contributed by atoms with Gasteiger partial charge in [0.25, 0.3) is 0 Å². The summed E-state index contributed by atoms with van der Waals surface area (Å²) >= 11 is 0. The second-order valence-electron chi connectivity index (χ2n) is 7.23. The van der Waals surface area contributed by atoms with Crippen molar-refractivity contribution in [2.45, 2.75) is 36.6 Å². The molecule has 2 amide bonds. The Morgan fingerprint density at radius 2 is 1.74 bits per heavy atom. The van der Waals surface area contributed by atoms with Gasteiger partial charge in [0.05, 0.1) is 4.90 Å². The van der Waals surface area contributed by atoms with E-state index in [0.717, 1.165) is 24.6 Å². The Kier molecular flexibility index (Phi) is 7.34. The van der Waals surface area contributed by atoms with E-state index >= 15 is 0 Å². The number of rotatable bonds is 6. The monoisotopic (exact) mass is 451 g/mol. The van der Waals surface area contributed by atoms with Gasteiger partial charge in [0.2, 0.25) is 10.0 Å². The van der Waals surface area contributed by atoms with Crippen LogP contribution in [0.3, 0.4) is 0 Å². The summed E-state index contributed by atoms with van der Waals surface area (Å²) in [4.78, 5) is 24.0. The molecule has 0 bridgehead atoms. The number of carbonyl (C=O) groups excluding carboxylic acids is 2. The first-order valence-electron chi connectivity index (χ1n) is 9.89. The van der Waals surface area contributed by atoms with Gasteiger partial charge in [0.1, 0.15) is 11.6 Å². The van der Waals surface area contributed by atoms with Gasteiger partial charge in [-0.1, -0.05) is 12.5 Å². The van der Waals surface area contributed by atoms with Crippen LogP contribution < -0.4 is 10.6 Å². The van der Waals surface area contributed by atoms with Crippen molar-refractivity contribution in [3.8, 4) is 0 Å². The Morgan fingerprint density at radius 3 is 2.45 bits per heavy atom. The predicted octanol–water partition coefficient (Wildman–Crippen LogP) is 2.65. The summed E-state index contributed by atoms with van der Waals surface area (Å²) in [7, 11) is -3.80. The molecule has 166 valence electrons. The lowest BCUT2D eigenvalue weighted by molar-refractivity contribution is -0.136. The van der Waals surface area contributed by atoms with Gasteiger partial charge >= 0.3 is 11.8 Å². The average Bonchev–Trinajstić information content (AvgIpc) is 2.74. The molecule has 1 saturated heterocycles. The third-order valence-electron chi connectivity index (χ3n) is 5.05. The minimum Gasteiger partial charge on any atom is -0.348 e. The topological polar surface area (TPSA) is 95.6 Å². The number of hydrogen-bond donors (Lipinski definition) is 2. The summed E-state index contributed by atoms with van der Waals surface area (Å²) in [6.45, 7) is 0.424. The molecule has 7 nitrogen and oxygen atoms in total. The zero-order valence-electron chi connectivity index (χ0n) is 16.7. The molecule has 0 aromatic heterocycles. The van der Waals surface area contributed by atoms with Crippen molar-refractivity contribution in [1.29, 1.82) is 0 Å². The highest BCUT2D eigenvalue weighted by Gasteiger charge is 2.33. The van der Waals surface area contributed by atoms with E-state index in [4.69, 9.17) is 0 Å². The molecule has 1 aliphatic heterocycles. The number of piperidine rings is 1. The van der Waals surface area contributed by atoms with Crippen LogP contribution in [0, 0.1) is 11.6 Å². The molecule has 31 heavy (non-hydrogen) atoms. The molecule has 1 aliphatic rings. The van der Waals surface area contributed by atoms with Crippen LogP contribution in [-0.2, 0) is 19.6 Å². The quantitative estimate of drug-likeness (QED) is 0.660. The maximum absolute atomic E-state index is 13.2. The highest BCUT2D eigenvalue weighted by molar-refractivity contribution is 7.89. The van der Waals surface area contributed by atoms with Crippen LogP contribution in [0.25, 0.3) is 0 Å². The summed E-state index contributed by atoms with van der Waals surface area (Å²) in [5, 5.41) is 4.77. The Bertz CT molecular complexity index is 1040. The van der Waals surface area contributed by atoms with Crippen molar-refractivity contribution in [1.82, 2.24) is 9.62 Å². The SMILES string of the molecule is O=C(NCCC1CCCCN1S(=O)(=O)c1ccc(F)cc1)C(=O)Nc1cccc(F)c1. The smallest absolute Gasteiger partial charge is 0.313 e. The number of carbonyl (C=O) groups is 2. The maximum atomic E-state index is 13.2. The molecule has 2 aromatic rings. The molecule has 0 saturated carbocycles. The number of benzene rings is 2. The number of hydrogen-bond acceptors (Lipinski definition) is 4. The molecule has 10 heteroatoms. The summed E-state index contributed by atoms with van der Waals surface area (Å²) in [5.74, 6) is -2.90. The van der Waals surface area contributed by atoms with E-state index in [1.165, 1.54) is 34.6 Å². The van der Waals surface area contributed by atoms with Crippen LogP contribution in [0.5, 0.6) is 0 Å². The van der Waals surface area contributed by atoms with Crippen molar-refractivity contribution in [2.75, 3.05) is 18.4 Å². The van der Waals surface area contributed by atoms with Crippen LogP contribution in [-0.4, -0.2) is 43.7 Å². The third-order valence-corrected chi connectivity index (χ3v) is 7.01. The lowest BCUT2D eigenvalue weighted by Crippen LogP contribution is -2.45. The molecule has 0 aliphatic carbocycles. The molecule has 1 atom stereocenters. The zero-order valence-corrected chi connectivity index (χ0v) is 17.5. The molecule has 1 fully saturated rings. The molecule has 0 radical (unpaired) electrons. The summed E-state index contributed by atoms with van der Waals surface area (Å²) in [6, 6.07) is 9.47. The Labute approximate surface area is 179 Å².